The molecule has 0 radical (unpaired) electrons. The fourth-order valence-corrected chi connectivity index (χ4v) is 2.41. The van der Waals surface area contributed by atoms with Crippen molar-refractivity contribution in [3.63, 3.8) is 0 Å². The van der Waals surface area contributed by atoms with Gasteiger partial charge in [-0.2, -0.15) is 0 Å². The molecular formula is C17H20ClN. The van der Waals surface area contributed by atoms with E-state index in [1.165, 1.54) is 11.1 Å². The minimum Gasteiger partial charge on any atom is -0.310 e. The summed E-state index contributed by atoms with van der Waals surface area (Å²) in [6, 6.07) is 19.2. The predicted octanol–water partition coefficient (Wildman–Crippen LogP) is 4.62. The Hall–Kier alpha value is -1.31. The van der Waals surface area contributed by atoms with E-state index in [0.717, 1.165) is 24.4 Å². The highest BCUT2D eigenvalue weighted by Gasteiger charge is 2.10. The van der Waals surface area contributed by atoms with Crippen LogP contribution >= 0.6 is 11.6 Å². The summed E-state index contributed by atoms with van der Waals surface area (Å²) in [5.74, 6) is 0. The maximum absolute atomic E-state index is 5.95. The molecule has 2 rings (SSSR count). The van der Waals surface area contributed by atoms with Gasteiger partial charge in [-0.1, -0.05) is 61.0 Å². The van der Waals surface area contributed by atoms with E-state index < -0.39 is 0 Å². The Morgan fingerprint density at radius 1 is 1.00 bits per heavy atom. The first-order valence-electron chi connectivity index (χ1n) is 6.82. The predicted molar refractivity (Wildman–Crippen MR) is 82.6 cm³/mol. The largest absolute Gasteiger partial charge is 0.310 e. The summed E-state index contributed by atoms with van der Waals surface area (Å²) in [5, 5.41) is 4.34. The summed E-state index contributed by atoms with van der Waals surface area (Å²) < 4.78 is 0. The lowest BCUT2D eigenvalue weighted by Crippen LogP contribution is -2.21. The Kier molecular flexibility index (Phi) is 5.44. The van der Waals surface area contributed by atoms with E-state index in [1.54, 1.807) is 0 Å². The lowest BCUT2D eigenvalue weighted by Gasteiger charge is -2.18. The van der Waals surface area contributed by atoms with Gasteiger partial charge in [0.15, 0.2) is 0 Å². The van der Waals surface area contributed by atoms with Gasteiger partial charge in [-0.25, -0.2) is 0 Å². The second-order valence-corrected chi connectivity index (χ2v) is 5.12. The average molecular weight is 274 g/mol. The Labute approximate surface area is 120 Å². The second kappa shape index (κ2) is 7.32. The van der Waals surface area contributed by atoms with E-state index in [4.69, 9.17) is 11.6 Å². The Balaban J connectivity index is 2.02. The van der Waals surface area contributed by atoms with Crippen LogP contribution in [0.4, 0.5) is 0 Å². The van der Waals surface area contributed by atoms with E-state index in [9.17, 15) is 0 Å². The first kappa shape index (κ1) is 14.1. The standard InChI is InChI=1S/C17H20ClN/c1-2-19-17(15-9-11-16(18)12-10-15)13-8-14-6-4-3-5-7-14/h3-7,9-12,17,19H,2,8,13H2,1H3. The molecule has 1 N–H and O–H groups in total. The molecule has 2 aromatic carbocycles. The third-order valence-corrected chi connectivity index (χ3v) is 3.54. The molecule has 0 heterocycles. The highest BCUT2D eigenvalue weighted by molar-refractivity contribution is 6.30. The number of rotatable bonds is 6. The van der Waals surface area contributed by atoms with Gasteiger partial charge in [0, 0.05) is 11.1 Å². The van der Waals surface area contributed by atoms with E-state index in [0.29, 0.717) is 6.04 Å². The van der Waals surface area contributed by atoms with Crippen LogP contribution in [-0.4, -0.2) is 6.54 Å². The molecule has 0 spiro atoms. The van der Waals surface area contributed by atoms with Crippen molar-refractivity contribution in [3.8, 4) is 0 Å². The van der Waals surface area contributed by atoms with Crippen molar-refractivity contribution in [2.75, 3.05) is 6.54 Å². The van der Waals surface area contributed by atoms with Crippen LogP contribution in [0.15, 0.2) is 54.6 Å². The maximum atomic E-state index is 5.95. The zero-order valence-corrected chi connectivity index (χ0v) is 12.0. The van der Waals surface area contributed by atoms with Gasteiger partial charge in [-0.3, -0.25) is 0 Å². The number of nitrogens with one attached hydrogen (secondary N) is 1. The van der Waals surface area contributed by atoms with E-state index in [2.05, 4.69) is 54.7 Å². The van der Waals surface area contributed by atoms with Crippen LogP contribution in [0.5, 0.6) is 0 Å². The molecule has 2 aromatic rings. The van der Waals surface area contributed by atoms with Gasteiger partial charge in [0.05, 0.1) is 0 Å². The molecule has 0 bridgehead atoms. The molecule has 1 unspecified atom stereocenters. The average Bonchev–Trinajstić information content (AvgIpc) is 2.46. The fraction of sp³-hybridized carbons (Fsp3) is 0.294. The number of hydrogen-bond acceptors (Lipinski definition) is 1. The maximum Gasteiger partial charge on any atom is 0.0406 e. The number of benzene rings is 2. The Morgan fingerprint density at radius 3 is 2.32 bits per heavy atom. The van der Waals surface area contributed by atoms with Crippen molar-refractivity contribution in [1.82, 2.24) is 5.32 Å². The van der Waals surface area contributed by atoms with Crippen LogP contribution in [0, 0.1) is 0 Å². The van der Waals surface area contributed by atoms with Crippen molar-refractivity contribution in [1.29, 1.82) is 0 Å². The molecule has 0 saturated heterocycles. The number of hydrogen-bond donors (Lipinski definition) is 1. The first-order valence-corrected chi connectivity index (χ1v) is 7.20. The molecule has 100 valence electrons. The van der Waals surface area contributed by atoms with Crippen LogP contribution in [0.3, 0.4) is 0 Å². The van der Waals surface area contributed by atoms with Crippen LogP contribution in [-0.2, 0) is 6.42 Å². The van der Waals surface area contributed by atoms with E-state index in [-0.39, 0.29) is 0 Å². The van der Waals surface area contributed by atoms with Gasteiger partial charge in [0.2, 0.25) is 0 Å². The van der Waals surface area contributed by atoms with Gasteiger partial charge in [0.25, 0.3) is 0 Å². The summed E-state index contributed by atoms with van der Waals surface area (Å²) in [7, 11) is 0. The zero-order valence-electron chi connectivity index (χ0n) is 11.3. The van der Waals surface area contributed by atoms with Crippen LogP contribution in [0.1, 0.15) is 30.5 Å². The lowest BCUT2D eigenvalue weighted by atomic mass is 9.99. The lowest BCUT2D eigenvalue weighted by molar-refractivity contribution is 0.515. The molecular weight excluding hydrogens is 254 g/mol. The number of aryl methyl sites for hydroxylation is 1. The molecule has 0 aliphatic rings. The van der Waals surface area contributed by atoms with Crippen LogP contribution < -0.4 is 5.32 Å². The third-order valence-electron chi connectivity index (χ3n) is 3.29. The topological polar surface area (TPSA) is 12.0 Å². The Bertz CT molecular complexity index is 478. The second-order valence-electron chi connectivity index (χ2n) is 4.69. The summed E-state index contributed by atoms with van der Waals surface area (Å²) in [4.78, 5) is 0. The normalized spacial score (nSPS) is 12.3. The van der Waals surface area contributed by atoms with Crippen molar-refractivity contribution >= 4 is 11.6 Å². The van der Waals surface area contributed by atoms with Crippen LogP contribution in [0.25, 0.3) is 0 Å². The molecule has 0 fully saturated rings. The molecule has 0 aliphatic heterocycles. The highest BCUT2D eigenvalue weighted by Crippen LogP contribution is 2.21. The van der Waals surface area contributed by atoms with Gasteiger partial charge in [-0.05, 0) is 42.6 Å². The van der Waals surface area contributed by atoms with Crippen molar-refractivity contribution in [3.05, 3.63) is 70.7 Å². The molecule has 1 atom stereocenters. The quantitative estimate of drug-likeness (QED) is 0.810. The summed E-state index contributed by atoms with van der Waals surface area (Å²) >= 11 is 5.95. The van der Waals surface area contributed by atoms with E-state index in [1.807, 2.05) is 12.1 Å². The van der Waals surface area contributed by atoms with Crippen LogP contribution in [0.2, 0.25) is 5.02 Å². The molecule has 0 aromatic heterocycles. The Morgan fingerprint density at radius 2 is 1.68 bits per heavy atom. The minimum absolute atomic E-state index is 0.391. The summed E-state index contributed by atoms with van der Waals surface area (Å²) in [5.41, 5.74) is 2.70. The molecule has 0 amide bonds. The highest BCUT2D eigenvalue weighted by atomic mass is 35.5. The smallest absolute Gasteiger partial charge is 0.0406 e. The minimum atomic E-state index is 0.391. The summed E-state index contributed by atoms with van der Waals surface area (Å²) in [6.45, 7) is 3.12. The molecule has 0 saturated carbocycles. The third kappa shape index (κ3) is 4.38. The van der Waals surface area contributed by atoms with Crippen molar-refractivity contribution in [2.24, 2.45) is 0 Å². The molecule has 2 heteroatoms. The zero-order chi connectivity index (χ0) is 13.5. The number of halogens is 1. The van der Waals surface area contributed by atoms with Crippen molar-refractivity contribution < 1.29 is 0 Å². The van der Waals surface area contributed by atoms with E-state index >= 15 is 0 Å². The van der Waals surface area contributed by atoms with Gasteiger partial charge >= 0.3 is 0 Å². The van der Waals surface area contributed by atoms with Gasteiger partial charge in [-0.15, -0.1) is 0 Å². The monoisotopic (exact) mass is 273 g/mol. The first-order chi connectivity index (χ1) is 9.29. The fourth-order valence-electron chi connectivity index (χ4n) is 2.28. The molecule has 19 heavy (non-hydrogen) atoms. The summed E-state index contributed by atoms with van der Waals surface area (Å²) in [6.07, 6.45) is 2.18. The molecule has 1 nitrogen and oxygen atoms in total. The van der Waals surface area contributed by atoms with Gasteiger partial charge < -0.3 is 5.32 Å². The SMILES string of the molecule is CCNC(CCc1ccccc1)c1ccc(Cl)cc1. The molecule has 0 aliphatic carbocycles. The van der Waals surface area contributed by atoms with Crippen molar-refractivity contribution in [2.45, 2.75) is 25.8 Å². The van der Waals surface area contributed by atoms with Gasteiger partial charge in [0.1, 0.15) is 0 Å².